The highest BCUT2D eigenvalue weighted by Crippen LogP contribution is 2.32. The Bertz CT molecular complexity index is 497. The first-order chi connectivity index (χ1) is 8.33. The zero-order valence-corrected chi connectivity index (χ0v) is 9.89. The Kier molecular flexibility index (Phi) is 3.60. The van der Waals surface area contributed by atoms with Gasteiger partial charge in [-0.15, -0.1) is 0 Å². The molecule has 0 spiro atoms. The summed E-state index contributed by atoms with van der Waals surface area (Å²) in [5.74, 6) is 1.38. The molecular weight excluding hydrogens is 212 g/mol. The lowest BCUT2D eigenvalue weighted by Gasteiger charge is -2.11. The number of nitrogen functional groups attached to an aromatic ring is 1. The van der Waals surface area contributed by atoms with Crippen LogP contribution in [0.3, 0.4) is 0 Å². The van der Waals surface area contributed by atoms with Crippen molar-refractivity contribution in [1.82, 2.24) is 4.98 Å². The molecule has 2 rings (SSSR count). The van der Waals surface area contributed by atoms with E-state index in [1.165, 1.54) is 0 Å². The summed E-state index contributed by atoms with van der Waals surface area (Å²) in [5, 5.41) is 0. The van der Waals surface area contributed by atoms with Gasteiger partial charge in [-0.1, -0.05) is 25.1 Å². The Morgan fingerprint density at radius 3 is 2.65 bits per heavy atom. The van der Waals surface area contributed by atoms with E-state index in [0.29, 0.717) is 12.4 Å². The number of aromatic nitrogens is 1. The van der Waals surface area contributed by atoms with Crippen molar-refractivity contribution in [2.24, 2.45) is 0 Å². The van der Waals surface area contributed by atoms with Crippen molar-refractivity contribution < 1.29 is 4.74 Å². The van der Waals surface area contributed by atoms with Crippen molar-refractivity contribution in [1.29, 1.82) is 0 Å². The molecule has 88 valence electrons. The smallest absolute Gasteiger partial charge is 0.131 e. The first-order valence-corrected chi connectivity index (χ1v) is 5.75. The highest BCUT2D eigenvalue weighted by molar-refractivity contribution is 5.78. The molecular formula is C14H16N2O. The van der Waals surface area contributed by atoms with Crippen molar-refractivity contribution >= 4 is 5.82 Å². The fourth-order valence-electron chi connectivity index (χ4n) is 1.67. The molecule has 0 aliphatic carbocycles. The van der Waals surface area contributed by atoms with Crippen LogP contribution < -0.4 is 10.5 Å². The van der Waals surface area contributed by atoms with Crippen LogP contribution in [0.15, 0.2) is 42.6 Å². The van der Waals surface area contributed by atoms with Gasteiger partial charge in [0.05, 0.1) is 6.61 Å². The SMILES string of the molecule is CCCOc1ccccc1-c1cccnc1N. The second kappa shape index (κ2) is 5.34. The van der Waals surface area contributed by atoms with Crippen LogP contribution in [-0.2, 0) is 0 Å². The number of hydrogen-bond donors (Lipinski definition) is 1. The average molecular weight is 228 g/mol. The Hall–Kier alpha value is -2.03. The average Bonchev–Trinajstić information content (AvgIpc) is 2.37. The third kappa shape index (κ3) is 2.56. The van der Waals surface area contributed by atoms with E-state index in [1.54, 1.807) is 6.20 Å². The maximum Gasteiger partial charge on any atom is 0.131 e. The highest BCUT2D eigenvalue weighted by Gasteiger charge is 2.08. The van der Waals surface area contributed by atoms with E-state index in [0.717, 1.165) is 23.3 Å². The van der Waals surface area contributed by atoms with Gasteiger partial charge in [0.15, 0.2) is 0 Å². The zero-order valence-electron chi connectivity index (χ0n) is 9.89. The Morgan fingerprint density at radius 1 is 1.12 bits per heavy atom. The summed E-state index contributed by atoms with van der Waals surface area (Å²) in [4.78, 5) is 4.10. The van der Waals surface area contributed by atoms with Crippen LogP contribution in [0.5, 0.6) is 5.75 Å². The summed E-state index contributed by atoms with van der Waals surface area (Å²) < 4.78 is 5.71. The summed E-state index contributed by atoms with van der Waals surface area (Å²) in [6.45, 7) is 2.79. The van der Waals surface area contributed by atoms with Crippen molar-refractivity contribution in [3.05, 3.63) is 42.6 Å². The maximum absolute atomic E-state index is 5.88. The van der Waals surface area contributed by atoms with Gasteiger partial charge in [0.25, 0.3) is 0 Å². The lowest BCUT2D eigenvalue weighted by Crippen LogP contribution is -1.99. The van der Waals surface area contributed by atoms with E-state index in [2.05, 4.69) is 11.9 Å². The molecule has 0 amide bonds. The molecule has 0 atom stereocenters. The summed E-state index contributed by atoms with van der Waals surface area (Å²) >= 11 is 0. The molecule has 1 aromatic heterocycles. The van der Waals surface area contributed by atoms with Crippen LogP contribution in [0.25, 0.3) is 11.1 Å². The first kappa shape index (κ1) is 11.5. The number of nitrogens with two attached hydrogens (primary N) is 1. The number of pyridine rings is 1. The highest BCUT2D eigenvalue weighted by atomic mass is 16.5. The van der Waals surface area contributed by atoms with Crippen molar-refractivity contribution in [3.63, 3.8) is 0 Å². The van der Waals surface area contributed by atoms with Gasteiger partial charge in [-0.25, -0.2) is 4.98 Å². The minimum Gasteiger partial charge on any atom is -0.493 e. The molecule has 2 N–H and O–H groups in total. The molecule has 0 fully saturated rings. The largest absolute Gasteiger partial charge is 0.493 e. The summed E-state index contributed by atoms with van der Waals surface area (Å²) in [6, 6.07) is 11.7. The van der Waals surface area contributed by atoms with E-state index in [4.69, 9.17) is 10.5 Å². The number of ether oxygens (including phenoxy) is 1. The van der Waals surface area contributed by atoms with Gasteiger partial charge in [-0.05, 0) is 24.6 Å². The minimum absolute atomic E-state index is 0.528. The zero-order chi connectivity index (χ0) is 12.1. The van der Waals surface area contributed by atoms with E-state index in [-0.39, 0.29) is 0 Å². The normalized spacial score (nSPS) is 10.2. The van der Waals surface area contributed by atoms with Gasteiger partial charge in [0.2, 0.25) is 0 Å². The Labute approximate surface area is 101 Å². The quantitative estimate of drug-likeness (QED) is 0.874. The van der Waals surface area contributed by atoms with Crippen LogP contribution in [0.4, 0.5) is 5.82 Å². The Balaban J connectivity index is 2.41. The topological polar surface area (TPSA) is 48.1 Å². The Morgan fingerprint density at radius 2 is 1.88 bits per heavy atom. The molecule has 0 bridgehead atoms. The second-order valence-corrected chi connectivity index (χ2v) is 3.78. The minimum atomic E-state index is 0.528. The number of para-hydroxylation sites is 1. The summed E-state index contributed by atoms with van der Waals surface area (Å²) in [5.41, 5.74) is 7.79. The van der Waals surface area contributed by atoms with Crippen LogP contribution in [0.2, 0.25) is 0 Å². The van der Waals surface area contributed by atoms with Crippen molar-refractivity contribution in [2.75, 3.05) is 12.3 Å². The molecule has 17 heavy (non-hydrogen) atoms. The van der Waals surface area contributed by atoms with Crippen molar-refractivity contribution in [3.8, 4) is 16.9 Å². The van der Waals surface area contributed by atoms with E-state index >= 15 is 0 Å². The molecule has 0 unspecified atom stereocenters. The van der Waals surface area contributed by atoms with Gasteiger partial charge in [0.1, 0.15) is 11.6 Å². The van der Waals surface area contributed by atoms with Crippen molar-refractivity contribution in [2.45, 2.75) is 13.3 Å². The van der Waals surface area contributed by atoms with Gasteiger partial charge in [0, 0.05) is 17.3 Å². The van der Waals surface area contributed by atoms with Gasteiger partial charge in [-0.2, -0.15) is 0 Å². The molecule has 1 heterocycles. The van der Waals surface area contributed by atoms with Crippen LogP contribution in [0, 0.1) is 0 Å². The van der Waals surface area contributed by atoms with Crippen LogP contribution in [-0.4, -0.2) is 11.6 Å². The fraction of sp³-hybridized carbons (Fsp3) is 0.214. The number of rotatable bonds is 4. The third-order valence-electron chi connectivity index (χ3n) is 2.48. The van der Waals surface area contributed by atoms with E-state index in [9.17, 15) is 0 Å². The molecule has 3 heteroatoms. The summed E-state index contributed by atoms with van der Waals surface area (Å²) in [6.07, 6.45) is 2.67. The lowest BCUT2D eigenvalue weighted by atomic mass is 10.1. The second-order valence-electron chi connectivity index (χ2n) is 3.78. The molecule has 0 aliphatic rings. The monoisotopic (exact) mass is 228 g/mol. The van der Waals surface area contributed by atoms with Gasteiger partial charge < -0.3 is 10.5 Å². The van der Waals surface area contributed by atoms with Gasteiger partial charge in [-0.3, -0.25) is 0 Å². The standard InChI is InChI=1S/C14H16N2O/c1-2-10-17-13-8-4-3-6-11(13)12-7-5-9-16-14(12)15/h3-9H,2,10H2,1H3,(H2,15,16). The predicted molar refractivity (Wildman–Crippen MR) is 69.9 cm³/mol. The third-order valence-corrected chi connectivity index (χ3v) is 2.48. The maximum atomic E-state index is 5.88. The first-order valence-electron chi connectivity index (χ1n) is 5.75. The summed E-state index contributed by atoms with van der Waals surface area (Å²) in [7, 11) is 0. The van der Waals surface area contributed by atoms with E-state index in [1.807, 2.05) is 36.4 Å². The molecule has 3 nitrogen and oxygen atoms in total. The number of nitrogens with zero attached hydrogens (tertiary/aromatic N) is 1. The number of anilines is 1. The van der Waals surface area contributed by atoms with E-state index < -0.39 is 0 Å². The number of hydrogen-bond acceptors (Lipinski definition) is 3. The fourth-order valence-corrected chi connectivity index (χ4v) is 1.67. The molecule has 2 aromatic rings. The van der Waals surface area contributed by atoms with Crippen LogP contribution in [0.1, 0.15) is 13.3 Å². The molecule has 0 radical (unpaired) electrons. The molecule has 0 aliphatic heterocycles. The predicted octanol–water partition coefficient (Wildman–Crippen LogP) is 3.12. The van der Waals surface area contributed by atoms with Gasteiger partial charge >= 0.3 is 0 Å². The molecule has 0 saturated heterocycles. The van der Waals surface area contributed by atoms with Crippen LogP contribution >= 0.6 is 0 Å². The molecule has 0 saturated carbocycles. The molecule has 1 aromatic carbocycles. The number of benzene rings is 1. The lowest BCUT2D eigenvalue weighted by molar-refractivity contribution is 0.318.